The highest BCUT2D eigenvalue weighted by atomic mass is 16.5. The number of ether oxygens (including phenoxy) is 1. The van der Waals surface area contributed by atoms with Crippen LogP contribution in [-0.4, -0.2) is 6.61 Å². The highest BCUT2D eigenvalue weighted by Gasteiger charge is 2.03. The van der Waals surface area contributed by atoms with E-state index in [2.05, 4.69) is 0 Å². The van der Waals surface area contributed by atoms with Gasteiger partial charge in [-0.1, -0.05) is 0 Å². The summed E-state index contributed by atoms with van der Waals surface area (Å²) in [6.07, 6.45) is 0. The predicted molar refractivity (Wildman–Crippen MR) is 58.3 cm³/mol. The Balaban J connectivity index is 2.54. The Morgan fingerprint density at radius 1 is 1.44 bits per heavy atom. The molecule has 1 aromatic carbocycles. The number of fused-ring (bicyclic) bond motifs is 1. The van der Waals surface area contributed by atoms with E-state index in [9.17, 15) is 4.79 Å². The Morgan fingerprint density at radius 2 is 2.25 bits per heavy atom. The van der Waals surface area contributed by atoms with Crippen LogP contribution in [-0.2, 0) is 0 Å². The summed E-state index contributed by atoms with van der Waals surface area (Å²) in [4.78, 5) is 11.1. The number of rotatable bonds is 2. The average molecular weight is 215 g/mol. The van der Waals surface area contributed by atoms with Crippen molar-refractivity contribution in [3.63, 3.8) is 0 Å². The third-order valence-electron chi connectivity index (χ3n) is 2.22. The lowest BCUT2D eigenvalue weighted by Gasteiger charge is -2.04. The van der Waals surface area contributed by atoms with Gasteiger partial charge in [0, 0.05) is 11.5 Å². The van der Waals surface area contributed by atoms with Gasteiger partial charge >= 0.3 is 5.63 Å². The van der Waals surface area contributed by atoms with E-state index < -0.39 is 0 Å². The minimum atomic E-state index is -0.365. The van der Waals surface area contributed by atoms with Crippen molar-refractivity contribution in [1.82, 2.24) is 0 Å². The first-order valence-electron chi connectivity index (χ1n) is 4.75. The van der Waals surface area contributed by atoms with Crippen molar-refractivity contribution in [2.24, 2.45) is 0 Å². The Bertz CT molecular complexity index is 622. The van der Waals surface area contributed by atoms with Crippen LogP contribution in [0.15, 0.2) is 33.5 Å². The van der Waals surface area contributed by atoms with E-state index in [4.69, 9.17) is 14.4 Å². The SMILES string of the molecule is Cc1cc(=O)oc2ccc(OCC#N)cc12. The summed E-state index contributed by atoms with van der Waals surface area (Å²) in [6, 6.07) is 8.41. The molecule has 4 heteroatoms. The molecule has 0 unspecified atom stereocenters. The maximum atomic E-state index is 11.1. The molecule has 1 aromatic heterocycles. The van der Waals surface area contributed by atoms with Crippen molar-refractivity contribution < 1.29 is 9.15 Å². The van der Waals surface area contributed by atoms with Gasteiger partial charge in [-0.05, 0) is 30.7 Å². The Morgan fingerprint density at radius 3 is 3.00 bits per heavy atom. The quantitative estimate of drug-likeness (QED) is 0.719. The van der Waals surface area contributed by atoms with Crippen molar-refractivity contribution in [3.05, 3.63) is 40.2 Å². The fourth-order valence-electron chi connectivity index (χ4n) is 1.50. The molecular formula is C12H9NO3. The number of nitriles is 1. The van der Waals surface area contributed by atoms with Crippen molar-refractivity contribution in [2.45, 2.75) is 6.92 Å². The van der Waals surface area contributed by atoms with E-state index in [-0.39, 0.29) is 12.2 Å². The van der Waals surface area contributed by atoms with Gasteiger partial charge in [-0.3, -0.25) is 0 Å². The summed E-state index contributed by atoms with van der Waals surface area (Å²) in [5.74, 6) is 0.589. The molecule has 0 atom stereocenters. The number of nitrogens with zero attached hydrogens (tertiary/aromatic N) is 1. The molecule has 16 heavy (non-hydrogen) atoms. The van der Waals surface area contributed by atoms with Crippen molar-refractivity contribution >= 4 is 11.0 Å². The van der Waals surface area contributed by atoms with E-state index in [1.165, 1.54) is 6.07 Å². The maximum Gasteiger partial charge on any atom is 0.336 e. The van der Waals surface area contributed by atoms with Crippen LogP contribution in [0.2, 0.25) is 0 Å². The van der Waals surface area contributed by atoms with Gasteiger partial charge in [0.2, 0.25) is 0 Å². The second kappa shape index (κ2) is 4.07. The third-order valence-corrected chi connectivity index (χ3v) is 2.22. The molecule has 0 aliphatic heterocycles. The van der Waals surface area contributed by atoms with Crippen LogP contribution in [0.25, 0.3) is 11.0 Å². The minimum Gasteiger partial charge on any atom is -0.479 e. The molecule has 2 aromatic rings. The summed E-state index contributed by atoms with van der Waals surface area (Å²) in [7, 11) is 0. The van der Waals surface area contributed by atoms with Crippen molar-refractivity contribution in [2.75, 3.05) is 6.61 Å². The molecule has 0 fully saturated rings. The zero-order valence-electron chi connectivity index (χ0n) is 8.69. The average Bonchev–Trinajstić information content (AvgIpc) is 2.26. The highest BCUT2D eigenvalue weighted by molar-refractivity contribution is 5.81. The molecule has 0 aliphatic rings. The summed E-state index contributed by atoms with van der Waals surface area (Å²) in [6.45, 7) is 1.83. The highest BCUT2D eigenvalue weighted by Crippen LogP contribution is 2.22. The van der Waals surface area contributed by atoms with E-state index in [0.717, 1.165) is 10.9 Å². The van der Waals surface area contributed by atoms with Gasteiger partial charge in [0.1, 0.15) is 17.4 Å². The molecular weight excluding hydrogens is 206 g/mol. The lowest BCUT2D eigenvalue weighted by atomic mass is 10.1. The number of aryl methyl sites for hydroxylation is 1. The first-order chi connectivity index (χ1) is 7.70. The van der Waals surface area contributed by atoms with Crippen LogP contribution in [0, 0.1) is 18.3 Å². The maximum absolute atomic E-state index is 11.1. The molecule has 0 saturated heterocycles. The molecule has 0 spiro atoms. The van der Waals surface area contributed by atoms with E-state index >= 15 is 0 Å². The van der Waals surface area contributed by atoms with Crippen LogP contribution >= 0.6 is 0 Å². The first kappa shape index (κ1) is 10.2. The Labute approximate surface area is 91.7 Å². The minimum absolute atomic E-state index is 0.00133. The van der Waals surface area contributed by atoms with Gasteiger partial charge in [-0.2, -0.15) is 5.26 Å². The standard InChI is InChI=1S/C12H9NO3/c1-8-6-12(14)16-11-3-2-9(7-10(8)11)15-5-4-13/h2-3,6-7H,5H2,1H3. The second-order valence-electron chi connectivity index (χ2n) is 3.35. The normalized spacial score (nSPS) is 10.0. The van der Waals surface area contributed by atoms with Gasteiger partial charge in [0.05, 0.1) is 0 Å². The molecule has 80 valence electrons. The first-order valence-corrected chi connectivity index (χ1v) is 4.75. The smallest absolute Gasteiger partial charge is 0.336 e. The van der Waals surface area contributed by atoms with Gasteiger partial charge in [0.15, 0.2) is 6.61 Å². The molecule has 0 aliphatic carbocycles. The fourth-order valence-corrected chi connectivity index (χ4v) is 1.50. The number of hydrogen-bond acceptors (Lipinski definition) is 4. The van der Waals surface area contributed by atoms with Crippen LogP contribution in [0.4, 0.5) is 0 Å². The zero-order chi connectivity index (χ0) is 11.5. The summed E-state index contributed by atoms with van der Waals surface area (Å²) >= 11 is 0. The topological polar surface area (TPSA) is 63.2 Å². The fraction of sp³-hybridized carbons (Fsp3) is 0.167. The zero-order valence-corrected chi connectivity index (χ0v) is 8.69. The molecule has 0 bridgehead atoms. The van der Waals surface area contributed by atoms with E-state index in [1.807, 2.05) is 13.0 Å². The van der Waals surface area contributed by atoms with Gasteiger partial charge < -0.3 is 9.15 Å². The van der Waals surface area contributed by atoms with E-state index in [0.29, 0.717) is 11.3 Å². The van der Waals surface area contributed by atoms with E-state index in [1.54, 1.807) is 18.2 Å². The van der Waals surface area contributed by atoms with Crippen LogP contribution in [0.1, 0.15) is 5.56 Å². The summed E-state index contributed by atoms with van der Waals surface area (Å²) in [5, 5.41) is 9.21. The van der Waals surface area contributed by atoms with Gasteiger partial charge in [0.25, 0.3) is 0 Å². The molecule has 0 amide bonds. The lowest BCUT2D eigenvalue weighted by molar-refractivity contribution is 0.368. The second-order valence-corrected chi connectivity index (χ2v) is 3.35. The Hall–Kier alpha value is -2.28. The summed E-state index contributed by atoms with van der Waals surface area (Å²) < 4.78 is 10.2. The third kappa shape index (κ3) is 1.89. The number of benzene rings is 1. The molecule has 0 radical (unpaired) electrons. The predicted octanol–water partition coefficient (Wildman–Crippen LogP) is 2.00. The van der Waals surface area contributed by atoms with Crippen LogP contribution in [0.5, 0.6) is 5.75 Å². The molecule has 0 saturated carbocycles. The lowest BCUT2D eigenvalue weighted by Crippen LogP contribution is -1.98. The molecule has 0 N–H and O–H groups in total. The van der Waals surface area contributed by atoms with Gasteiger partial charge in [-0.15, -0.1) is 0 Å². The van der Waals surface area contributed by atoms with Crippen LogP contribution < -0.4 is 10.4 Å². The monoisotopic (exact) mass is 215 g/mol. The molecule has 1 heterocycles. The van der Waals surface area contributed by atoms with Crippen molar-refractivity contribution in [3.8, 4) is 11.8 Å². The largest absolute Gasteiger partial charge is 0.479 e. The van der Waals surface area contributed by atoms with Crippen LogP contribution in [0.3, 0.4) is 0 Å². The molecule has 2 rings (SSSR count). The summed E-state index contributed by atoms with van der Waals surface area (Å²) in [5.41, 5.74) is 0.985. The van der Waals surface area contributed by atoms with Crippen molar-refractivity contribution in [1.29, 1.82) is 5.26 Å². The molecule has 4 nitrogen and oxygen atoms in total. The number of hydrogen-bond donors (Lipinski definition) is 0. The van der Waals surface area contributed by atoms with Gasteiger partial charge in [-0.25, -0.2) is 4.79 Å². The Kier molecular flexibility index (Phi) is 2.61.